The van der Waals surface area contributed by atoms with Gasteiger partial charge in [0.1, 0.15) is 11.5 Å². The van der Waals surface area contributed by atoms with E-state index in [4.69, 9.17) is 0 Å². The van der Waals surface area contributed by atoms with Crippen LogP contribution in [0.25, 0.3) is 16.9 Å². The van der Waals surface area contributed by atoms with Gasteiger partial charge < -0.3 is 9.80 Å². The fourth-order valence-corrected chi connectivity index (χ4v) is 4.76. The minimum absolute atomic E-state index is 0.0660. The van der Waals surface area contributed by atoms with Crippen molar-refractivity contribution in [2.75, 3.05) is 19.6 Å². The largest absolute Gasteiger partial charge is 0.341 e. The number of fused-ring (bicyclic) bond motifs is 1. The van der Waals surface area contributed by atoms with E-state index in [-0.39, 0.29) is 48.3 Å². The zero-order chi connectivity index (χ0) is 27.4. The summed E-state index contributed by atoms with van der Waals surface area (Å²) in [5, 5.41) is 10.6. The summed E-state index contributed by atoms with van der Waals surface area (Å²) in [6.45, 7) is 10.7. The first kappa shape index (κ1) is 25.3. The van der Waals surface area contributed by atoms with Crippen LogP contribution in [-0.4, -0.2) is 76.6 Å². The number of halogens is 1. The Kier molecular flexibility index (Phi) is 5.92. The molecular weight excluding hydrogens is 491 g/mol. The first-order valence-corrected chi connectivity index (χ1v) is 12.3. The van der Waals surface area contributed by atoms with E-state index >= 15 is 0 Å². The van der Waals surface area contributed by atoms with Crippen molar-refractivity contribution in [1.29, 1.82) is 0 Å². The summed E-state index contributed by atoms with van der Waals surface area (Å²) in [4.78, 5) is 48.2. The molecule has 0 atom stereocenters. The number of hydrogen-bond acceptors (Lipinski definition) is 6. The Morgan fingerprint density at radius 1 is 1.08 bits per heavy atom. The van der Waals surface area contributed by atoms with Crippen LogP contribution in [0.15, 0.2) is 41.3 Å². The molecule has 4 aromatic rings. The summed E-state index contributed by atoms with van der Waals surface area (Å²) >= 11 is 0. The van der Waals surface area contributed by atoms with Crippen molar-refractivity contribution in [3.05, 3.63) is 69.9 Å². The topological polar surface area (TPSA) is 132 Å². The molecule has 1 aromatic carbocycles. The summed E-state index contributed by atoms with van der Waals surface area (Å²) in [7, 11) is 0. The van der Waals surface area contributed by atoms with Gasteiger partial charge in [-0.1, -0.05) is 20.8 Å². The van der Waals surface area contributed by atoms with Crippen molar-refractivity contribution in [3.8, 4) is 11.3 Å². The second-order valence-corrected chi connectivity index (χ2v) is 11.1. The lowest BCUT2D eigenvalue weighted by atomic mass is 9.87. The van der Waals surface area contributed by atoms with Crippen LogP contribution in [0.5, 0.6) is 0 Å². The van der Waals surface area contributed by atoms with Crippen molar-refractivity contribution in [2.24, 2.45) is 0 Å². The third-order valence-electron chi connectivity index (χ3n) is 6.73. The second kappa shape index (κ2) is 8.89. The number of carbonyl (C=O) groups is 2. The van der Waals surface area contributed by atoms with Crippen LogP contribution >= 0.6 is 0 Å². The molecule has 0 bridgehead atoms. The molecule has 0 aliphatic carbocycles. The maximum Gasteiger partial charge on any atom is 0.341 e. The van der Waals surface area contributed by atoms with E-state index in [1.54, 1.807) is 32.6 Å². The molecule has 2 amide bonds. The van der Waals surface area contributed by atoms with Gasteiger partial charge in [-0.05, 0) is 49.6 Å². The Hall–Kier alpha value is -4.35. The van der Waals surface area contributed by atoms with E-state index in [1.807, 2.05) is 19.9 Å². The van der Waals surface area contributed by atoms with E-state index in [9.17, 15) is 18.8 Å². The molecule has 4 heterocycles. The number of nitrogens with one attached hydrogen (secondary N) is 2. The molecule has 11 nitrogen and oxygen atoms in total. The van der Waals surface area contributed by atoms with Crippen molar-refractivity contribution < 1.29 is 14.0 Å². The Labute approximate surface area is 217 Å². The number of piperazine rings is 1. The molecule has 1 fully saturated rings. The van der Waals surface area contributed by atoms with Crippen molar-refractivity contribution in [3.63, 3.8) is 0 Å². The van der Waals surface area contributed by atoms with E-state index in [0.29, 0.717) is 11.3 Å². The summed E-state index contributed by atoms with van der Waals surface area (Å²) < 4.78 is 15.1. The standard InChI is InChI=1S/C26H29FN8O3/c1-25(2,3)17-12-18(15-6-8-16(27)9-7-15)32-35-13-19(28-21(17)35)22(36)34-11-10-33(14-26(34,4)5)23(37)20-29-24(38)31-30-20/h6-9,12-13H,10-11,14H2,1-5H3,(H2,29,30,31,38). The van der Waals surface area contributed by atoms with Crippen molar-refractivity contribution in [2.45, 2.75) is 45.6 Å². The Bertz CT molecular complexity index is 1590. The molecule has 5 rings (SSSR count). The third kappa shape index (κ3) is 4.57. The van der Waals surface area contributed by atoms with Crippen molar-refractivity contribution in [1.82, 2.24) is 39.6 Å². The van der Waals surface area contributed by atoms with Crippen LogP contribution in [-0.2, 0) is 5.41 Å². The van der Waals surface area contributed by atoms with Crippen LogP contribution in [0, 0.1) is 5.82 Å². The normalized spacial score (nSPS) is 15.7. The fourth-order valence-electron chi connectivity index (χ4n) is 4.76. The minimum Gasteiger partial charge on any atom is -0.332 e. The van der Waals surface area contributed by atoms with Gasteiger partial charge in [-0.3, -0.25) is 14.6 Å². The van der Waals surface area contributed by atoms with E-state index in [2.05, 4.69) is 46.0 Å². The van der Waals surface area contributed by atoms with Gasteiger partial charge in [0.25, 0.3) is 11.8 Å². The summed E-state index contributed by atoms with van der Waals surface area (Å²) in [5.74, 6) is -1.08. The summed E-state index contributed by atoms with van der Waals surface area (Å²) in [6.07, 6.45) is 1.61. The molecule has 2 N–H and O–H groups in total. The van der Waals surface area contributed by atoms with Gasteiger partial charge in [0.2, 0.25) is 5.82 Å². The molecular formula is C26H29FN8O3. The molecule has 1 aliphatic rings. The lowest BCUT2D eigenvalue weighted by Gasteiger charge is -2.46. The number of carbonyl (C=O) groups excluding carboxylic acids is 2. The SMILES string of the molecule is CC(C)(C)c1cc(-c2ccc(F)cc2)nn2cc(C(=O)N3CCN(C(=O)c4n[nH]c(=O)[nH]4)CC3(C)C)nc12. The molecule has 3 aromatic heterocycles. The van der Waals surface area contributed by atoms with Crippen LogP contribution in [0.4, 0.5) is 4.39 Å². The van der Waals surface area contributed by atoms with Crippen LogP contribution in [0.2, 0.25) is 0 Å². The first-order valence-electron chi connectivity index (χ1n) is 12.3. The van der Waals surface area contributed by atoms with Gasteiger partial charge in [0.05, 0.1) is 17.4 Å². The zero-order valence-electron chi connectivity index (χ0n) is 21.9. The molecule has 38 heavy (non-hydrogen) atoms. The van der Waals surface area contributed by atoms with E-state index in [0.717, 1.165) is 11.1 Å². The van der Waals surface area contributed by atoms with Gasteiger partial charge in [-0.2, -0.15) is 5.10 Å². The van der Waals surface area contributed by atoms with Gasteiger partial charge in [-0.25, -0.2) is 23.8 Å². The molecule has 0 saturated carbocycles. The van der Waals surface area contributed by atoms with Gasteiger partial charge >= 0.3 is 5.69 Å². The molecule has 0 spiro atoms. The molecule has 0 unspecified atom stereocenters. The van der Waals surface area contributed by atoms with Gasteiger partial charge in [0, 0.05) is 30.8 Å². The number of rotatable bonds is 3. The van der Waals surface area contributed by atoms with E-state index in [1.165, 1.54) is 12.1 Å². The smallest absolute Gasteiger partial charge is 0.332 e. The number of H-pyrrole nitrogens is 2. The Morgan fingerprint density at radius 2 is 1.79 bits per heavy atom. The Balaban J connectivity index is 1.46. The van der Waals surface area contributed by atoms with Crippen LogP contribution < -0.4 is 5.69 Å². The zero-order valence-corrected chi connectivity index (χ0v) is 21.9. The quantitative estimate of drug-likeness (QED) is 0.427. The number of aromatic nitrogens is 6. The third-order valence-corrected chi connectivity index (χ3v) is 6.73. The highest BCUT2D eigenvalue weighted by molar-refractivity contribution is 5.94. The molecule has 12 heteroatoms. The second-order valence-electron chi connectivity index (χ2n) is 11.1. The molecule has 1 aliphatic heterocycles. The number of imidazole rings is 1. The summed E-state index contributed by atoms with van der Waals surface area (Å²) in [5.41, 5.74) is 1.53. The predicted octanol–water partition coefficient (Wildman–Crippen LogP) is 2.62. The average molecular weight is 521 g/mol. The fraction of sp³-hybridized carbons (Fsp3) is 0.385. The highest BCUT2D eigenvalue weighted by Crippen LogP contribution is 2.31. The van der Waals surface area contributed by atoms with Crippen LogP contribution in [0.1, 0.15) is 61.3 Å². The maximum atomic E-state index is 13.7. The highest BCUT2D eigenvalue weighted by Gasteiger charge is 2.40. The number of hydrogen-bond donors (Lipinski definition) is 2. The lowest BCUT2D eigenvalue weighted by molar-refractivity contribution is 0.0160. The van der Waals surface area contributed by atoms with E-state index < -0.39 is 17.1 Å². The summed E-state index contributed by atoms with van der Waals surface area (Å²) in [6, 6.07) is 8.04. The highest BCUT2D eigenvalue weighted by atomic mass is 19.1. The number of amides is 2. The lowest BCUT2D eigenvalue weighted by Crippen LogP contribution is -2.62. The molecule has 0 radical (unpaired) electrons. The average Bonchev–Trinajstić information content (AvgIpc) is 3.48. The van der Waals surface area contributed by atoms with Crippen LogP contribution in [0.3, 0.4) is 0 Å². The first-order chi connectivity index (χ1) is 17.8. The number of aromatic amines is 2. The van der Waals surface area contributed by atoms with Gasteiger partial charge in [-0.15, -0.1) is 5.10 Å². The monoisotopic (exact) mass is 520 g/mol. The number of nitrogens with zero attached hydrogens (tertiary/aromatic N) is 6. The molecule has 198 valence electrons. The number of benzene rings is 1. The molecule has 1 saturated heterocycles. The van der Waals surface area contributed by atoms with Crippen molar-refractivity contribution >= 4 is 17.5 Å². The predicted molar refractivity (Wildman–Crippen MR) is 137 cm³/mol. The maximum absolute atomic E-state index is 13.7. The minimum atomic E-state index is -0.711. The Morgan fingerprint density at radius 3 is 2.39 bits per heavy atom. The van der Waals surface area contributed by atoms with Gasteiger partial charge in [0.15, 0.2) is 5.65 Å².